The molecule has 0 aliphatic heterocycles. The topological polar surface area (TPSA) is 139 Å². The van der Waals surface area contributed by atoms with Gasteiger partial charge < -0.3 is 25.8 Å². The molecule has 0 bridgehead atoms. The lowest BCUT2D eigenvalue weighted by atomic mass is 10.0. The number of fused-ring (bicyclic) bond motifs is 1. The first-order valence-corrected chi connectivity index (χ1v) is 10.7. The number of pyridine rings is 3. The fourth-order valence-corrected chi connectivity index (χ4v) is 3.72. The number of aromatic nitrogens is 4. The van der Waals surface area contributed by atoms with Gasteiger partial charge in [-0.05, 0) is 50.6 Å². The molecule has 0 radical (unpaired) electrons. The number of nitrogens with one attached hydrogen (secondary N) is 2. The molecule has 4 heterocycles. The Bertz CT molecular complexity index is 1320. The van der Waals surface area contributed by atoms with Crippen LogP contribution in [-0.2, 0) is 4.79 Å². The third-order valence-corrected chi connectivity index (χ3v) is 5.11. The highest BCUT2D eigenvalue weighted by Gasteiger charge is 2.19. The Morgan fingerprint density at radius 2 is 1.88 bits per heavy atom. The molecule has 6 N–H and O–H groups in total. The van der Waals surface area contributed by atoms with E-state index >= 15 is 0 Å². The molecule has 176 valence electrons. The van der Waals surface area contributed by atoms with Gasteiger partial charge in [0.1, 0.15) is 12.1 Å². The molecule has 0 spiro atoms. The molecule has 0 saturated carbocycles. The number of H-pyrrole nitrogens is 1. The van der Waals surface area contributed by atoms with Crippen LogP contribution in [0.15, 0.2) is 54.6 Å². The molecule has 0 aliphatic rings. The van der Waals surface area contributed by atoms with Crippen LogP contribution >= 0.6 is 0 Å². The third-order valence-electron chi connectivity index (χ3n) is 5.11. The average molecular weight is 459 g/mol. The highest BCUT2D eigenvalue weighted by Crippen LogP contribution is 2.37. The number of aldehydes is 1. The number of aromatic amines is 1. The minimum atomic E-state index is 0.617. The number of carbonyl (C=O) groups is 1. The largest absolute Gasteiger partial charge is 0.401 e. The Morgan fingerprint density at radius 1 is 1.15 bits per heavy atom. The first-order valence-electron chi connectivity index (χ1n) is 10.7. The lowest BCUT2D eigenvalue weighted by molar-refractivity contribution is -0.106. The SMILES string of the molecule is CC=O.CNc1cc(-c2[nH]c3cc(/C(=C(\C)N)N(C)N)cnc3c2-c2ccc(C)cn2)ccn1. The number of aryl methyl sites for hydroxylation is 1. The summed E-state index contributed by atoms with van der Waals surface area (Å²) in [6.45, 7) is 5.28. The highest BCUT2D eigenvalue weighted by molar-refractivity contribution is 6.01. The molecule has 0 aromatic carbocycles. The molecule has 34 heavy (non-hydrogen) atoms. The molecule has 0 saturated heterocycles. The number of anilines is 1. The predicted molar refractivity (Wildman–Crippen MR) is 137 cm³/mol. The maximum atomic E-state index is 8.81. The van der Waals surface area contributed by atoms with E-state index in [1.54, 1.807) is 19.4 Å². The summed E-state index contributed by atoms with van der Waals surface area (Å²) in [7, 11) is 3.61. The van der Waals surface area contributed by atoms with Gasteiger partial charge >= 0.3 is 0 Å². The first-order chi connectivity index (χ1) is 16.3. The monoisotopic (exact) mass is 458 g/mol. The zero-order valence-electron chi connectivity index (χ0n) is 20.0. The number of nitrogens with two attached hydrogens (primary N) is 2. The minimum Gasteiger partial charge on any atom is -0.401 e. The van der Waals surface area contributed by atoms with Gasteiger partial charge in [0.15, 0.2) is 0 Å². The van der Waals surface area contributed by atoms with E-state index in [2.05, 4.69) is 20.3 Å². The maximum absolute atomic E-state index is 8.81. The standard InChI is InChI=1S/C23H26N8.C2H4O/c1-13-5-6-17(28-11-13)20-21(15-7-8-27-19(10-15)26-3)30-18-9-16(12-29-22(18)20)23(14(2)24)31(4)25;1-2-3/h5-12,30H,24-25H2,1-4H3,(H,26,27);2H,1H3/b23-14-;. The minimum absolute atomic E-state index is 0.617. The van der Waals surface area contributed by atoms with Crippen molar-refractivity contribution < 1.29 is 4.79 Å². The van der Waals surface area contributed by atoms with Gasteiger partial charge in [0.05, 0.1) is 33.7 Å². The van der Waals surface area contributed by atoms with E-state index in [1.807, 2.05) is 57.4 Å². The summed E-state index contributed by atoms with van der Waals surface area (Å²) >= 11 is 0. The van der Waals surface area contributed by atoms with Crippen LogP contribution in [0.3, 0.4) is 0 Å². The number of hydrogen-bond acceptors (Lipinski definition) is 8. The molecule has 0 unspecified atom stereocenters. The van der Waals surface area contributed by atoms with Crippen LogP contribution in [0.4, 0.5) is 5.82 Å². The molecule has 9 heteroatoms. The van der Waals surface area contributed by atoms with Crippen molar-refractivity contribution in [3.63, 3.8) is 0 Å². The molecular formula is C25H30N8O. The molecule has 4 rings (SSSR count). The van der Waals surface area contributed by atoms with E-state index < -0.39 is 0 Å². The van der Waals surface area contributed by atoms with Crippen molar-refractivity contribution in [2.24, 2.45) is 11.6 Å². The van der Waals surface area contributed by atoms with Crippen molar-refractivity contribution in [1.29, 1.82) is 0 Å². The summed E-state index contributed by atoms with van der Waals surface area (Å²) in [5.74, 6) is 6.79. The fraction of sp³-hybridized carbons (Fsp3) is 0.200. The van der Waals surface area contributed by atoms with Crippen molar-refractivity contribution in [2.45, 2.75) is 20.8 Å². The van der Waals surface area contributed by atoms with Crippen molar-refractivity contribution in [1.82, 2.24) is 24.9 Å². The molecule has 0 amide bonds. The van der Waals surface area contributed by atoms with Gasteiger partial charge in [0.2, 0.25) is 0 Å². The van der Waals surface area contributed by atoms with Crippen LogP contribution in [0, 0.1) is 6.92 Å². The van der Waals surface area contributed by atoms with E-state index in [0.717, 1.165) is 62.5 Å². The van der Waals surface area contributed by atoms with Crippen molar-refractivity contribution >= 4 is 28.8 Å². The molecular weight excluding hydrogens is 428 g/mol. The Labute approximate surface area is 198 Å². The summed E-state index contributed by atoms with van der Waals surface area (Å²) in [5.41, 5.74) is 14.7. The van der Waals surface area contributed by atoms with Crippen LogP contribution in [0.1, 0.15) is 25.0 Å². The Hall–Kier alpha value is -4.24. The van der Waals surface area contributed by atoms with Crippen LogP contribution in [0.25, 0.3) is 39.2 Å². The number of hydrogen-bond donors (Lipinski definition) is 4. The zero-order chi connectivity index (χ0) is 24.8. The van der Waals surface area contributed by atoms with Crippen molar-refractivity contribution in [3.8, 4) is 22.5 Å². The molecule has 9 nitrogen and oxygen atoms in total. The van der Waals surface area contributed by atoms with Crippen LogP contribution in [0.5, 0.6) is 0 Å². The molecule has 4 aromatic heterocycles. The van der Waals surface area contributed by atoms with Gasteiger partial charge in [0.25, 0.3) is 0 Å². The van der Waals surface area contributed by atoms with Gasteiger partial charge in [-0.25, -0.2) is 10.8 Å². The summed E-state index contributed by atoms with van der Waals surface area (Å²) < 4.78 is 0. The van der Waals surface area contributed by atoms with Crippen LogP contribution < -0.4 is 16.9 Å². The van der Waals surface area contributed by atoms with Crippen molar-refractivity contribution in [3.05, 3.63) is 65.7 Å². The summed E-state index contributed by atoms with van der Waals surface area (Å²) in [6.07, 6.45) is 6.18. The van der Waals surface area contributed by atoms with E-state index in [-0.39, 0.29) is 0 Å². The molecule has 0 fully saturated rings. The molecule has 4 aromatic rings. The van der Waals surface area contributed by atoms with Crippen LogP contribution in [-0.4, -0.2) is 45.3 Å². The van der Waals surface area contributed by atoms with E-state index in [0.29, 0.717) is 5.70 Å². The lowest BCUT2D eigenvalue weighted by Gasteiger charge is -2.18. The highest BCUT2D eigenvalue weighted by atomic mass is 16.1. The van der Waals surface area contributed by atoms with Gasteiger partial charge in [-0.3, -0.25) is 9.97 Å². The predicted octanol–water partition coefficient (Wildman–Crippen LogP) is 3.69. The van der Waals surface area contributed by atoms with Crippen LogP contribution in [0.2, 0.25) is 0 Å². The van der Waals surface area contributed by atoms with E-state index in [1.165, 1.54) is 11.9 Å². The number of rotatable bonds is 5. The second-order valence-corrected chi connectivity index (χ2v) is 7.77. The molecule has 0 atom stereocenters. The van der Waals surface area contributed by atoms with Gasteiger partial charge in [-0.15, -0.1) is 0 Å². The third kappa shape index (κ3) is 5.05. The second-order valence-electron chi connectivity index (χ2n) is 7.77. The normalized spacial score (nSPS) is 11.4. The van der Waals surface area contributed by atoms with E-state index in [4.69, 9.17) is 21.4 Å². The first kappa shape index (κ1) is 24.4. The Morgan fingerprint density at radius 3 is 2.47 bits per heavy atom. The number of carbonyl (C=O) groups excluding carboxylic acids is 1. The van der Waals surface area contributed by atoms with E-state index in [9.17, 15) is 0 Å². The lowest BCUT2D eigenvalue weighted by Crippen LogP contribution is -2.26. The maximum Gasteiger partial charge on any atom is 0.126 e. The van der Waals surface area contributed by atoms with Crippen molar-refractivity contribution in [2.75, 3.05) is 19.4 Å². The number of allylic oxidation sites excluding steroid dienone is 1. The average Bonchev–Trinajstić information content (AvgIpc) is 3.18. The molecule has 0 aliphatic carbocycles. The smallest absolute Gasteiger partial charge is 0.126 e. The number of nitrogens with zero attached hydrogens (tertiary/aromatic N) is 4. The fourth-order valence-electron chi connectivity index (χ4n) is 3.72. The summed E-state index contributed by atoms with van der Waals surface area (Å²) in [4.78, 5) is 26.1. The number of hydrazine groups is 1. The quantitative estimate of drug-likeness (QED) is 0.202. The zero-order valence-corrected chi connectivity index (χ0v) is 20.0. The van der Waals surface area contributed by atoms with Gasteiger partial charge in [0, 0.05) is 49.5 Å². The Balaban J connectivity index is 0.00000103. The Kier molecular flexibility index (Phi) is 7.60. The second kappa shape index (κ2) is 10.6. The van der Waals surface area contributed by atoms with Gasteiger partial charge in [-0.2, -0.15) is 0 Å². The summed E-state index contributed by atoms with van der Waals surface area (Å²) in [6, 6.07) is 10.0. The summed E-state index contributed by atoms with van der Waals surface area (Å²) in [5, 5.41) is 4.60. The van der Waals surface area contributed by atoms with Gasteiger partial charge in [-0.1, -0.05) is 6.07 Å².